The SMILES string of the molecule is CC(C)CC(=O)C1CCOc2ccccc21. The summed E-state index contributed by atoms with van der Waals surface area (Å²) in [6.07, 6.45) is 1.49. The van der Waals surface area contributed by atoms with E-state index in [-0.39, 0.29) is 5.92 Å². The van der Waals surface area contributed by atoms with Gasteiger partial charge in [-0.25, -0.2) is 0 Å². The molecule has 0 radical (unpaired) electrons. The molecule has 1 aliphatic heterocycles. The molecule has 1 aromatic carbocycles. The molecule has 0 fully saturated rings. The molecule has 2 rings (SSSR count). The second-order valence-electron chi connectivity index (χ2n) is 4.79. The first kappa shape index (κ1) is 11.2. The summed E-state index contributed by atoms with van der Waals surface area (Å²) in [7, 11) is 0. The van der Waals surface area contributed by atoms with Crippen LogP contribution in [0.15, 0.2) is 24.3 Å². The van der Waals surface area contributed by atoms with E-state index in [1.165, 1.54) is 0 Å². The van der Waals surface area contributed by atoms with Crippen LogP contribution in [0, 0.1) is 5.92 Å². The minimum absolute atomic E-state index is 0.0485. The van der Waals surface area contributed by atoms with Crippen LogP contribution in [0.4, 0.5) is 0 Å². The number of Topliss-reactive ketones (excluding diaryl/α,β-unsaturated/α-hetero) is 1. The Morgan fingerprint density at radius 2 is 2.19 bits per heavy atom. The van der Waals surface area contributed by atoms with Gasteiger partial charge in [-0.2, -0.15) is 0 Å². The van der Waals surface area contributed by atoms with Crippen LogP contribution in [0.25, 0.3) is 0 Å². The number of fused-ring (bicyclic) bond motifs is 1. The number of hydrogen-bond donors (Lipinski definition) is 0. The molecule has 0 amide bonds. The van der Waals surface area contributed by atoms with Gasteiger partial charge in [-0.1, -0.05) is 32.0 Å². The van der Waals surface area contributed by atoms with Gasteiger partial charge in [-0.3, -0.25) is 4.79 Å². The van der Waals surface area contributed by atoms with Gasteiger partial charge in [0.1, 0.15) is 11.5 Å². The van der Waals surface area contributed by atoms with Crippen LogP contribution < -0.4 is 4.74 Å². The van der Waals surface area contributed by atoms with E-state index < -0.39 is 0 Å². The fraction of sp³-hybridized carbons (Fsp3) is 0.500. The van der Waals surface area contributed by atoms with Crippen molar-refractivity contribution in [3.63, 3.8) is 0 Å². The molecule has 0 N–H and O–H groups in total. The summed E-state index contributed by atoms with van der Waals surface area (Å²) in [5.74, 6) is 1.72. The van der Waals surface area contributed by atoms with Gasteiger partial charge in [-0.05, 0) is 18.4 Å². The first-order valence-electron chi connectivity index (χ1n) is 5.93. The zero-order valence-electron chi connectivity index (χ0n) is 9.90. The standard InChI is InChI=1S/C14H18O2/c1-10(2)9-13(15)11-7-8-16-14-6-4-3-5-12(11)14/h3-6,10-11H,7-9H2,1-2H3. The molecule has 86 valence electrons. The molecule has 2 nitrogen and oxygen atoms in total. The summed E-state index contributed by atoms with van der Waals surface area (Å²) in [6.45, 7) is 4.83. The number of rotatable bonds is 3. The van der Waals surface area contributed by atoms with Gasteiger partial charge in [0, 0.05) is 17.9 Å². The van der Waals surface area contributed by atoms with Crippen LogP contribution in [0.1, 0.15) is 38.2 Å². The van der Waals surface area contributed by atoms with Crippen molar-refractivity contribution in [1.82, 2.24) is 0 Å². The highest BCUT2D eigenvalue weighted by atomic mass is 16.5. The van der Waals surface area contributed by atoms with Crippen molar-refractivity contribution < 1.29 is 9.53 Å². The van der Waals surface area contributed by atoms with Crippen molar-refractivity contribution in [3.05, 3.63) is 29.8 Å². The number of ketones is 1. The minimum atomic E-state index is 0.0485. The Morgan fingerprint density at radius 1 is 1.44 bits per heavy atom. The molecule has 0 spiro atoms. The Kier molecular flexibility index (Phi) is 3.28. The fourth-order valence-electron chi connectivity index (χ4n) is 2.22. The number of carbonyl (C=O) groups excluding carboxylic acids is 1. The lowest BCUT2D eigenvalue weighted by molar-refractivity contribution is -0.121. The molecule has 1 atom stereocenters. The Labute approximate surface area is 96.6 Å². The van der Waals surface area contributed by atoms with Crippen LogP contribution in [0.3, 0.4) is 0 Å². The van der Waals surface area contributed by atoms with Gasteiger partial charge in [0.15, 0.2) is 0 Å². The van der Waals surface area contributed by atoms with Gasteiger partial charge in [0.05, 0.1) is 6.61 Å². The molecular formula is C14H18O2. The zero-order chi connectivity index (χ0) is 11.5. The minimum Gasteiger partial charge on any atom is -0.493 e. The number of ether oxygens (including phenoxy) is 1. The van der Waals surface area contributed by atoms with Crippen LogP contribution in [0.5, 0.6) is 5.75 Å². The Bertz CT molecular complexity index is 382. The lowest BCUT2D eigenvalue weighted by Gasteiger charge is -2.25. The number of para-hydroxylation sites is 1. The first-order chi connectivity index (χ1) is 7.68. The molecule has 1 aliphatic rings. The smallest absolute Gasteiger partial charge is 0.140 e. The molecule has 0 aromatic heterocycles. The monoisotopic (exact) mass is 218 g/mol. The highest BCUT2D eigenvalue weighted by Crippen LogP contribution is 2.34. The lowest BCUT2D eigenvalue weighted by atomic mass is 9.86. The van der Waals surface area contributed by atoms with Crippen molar-refractivity contribution in [2.75, 3.05) is 6.61 Å². The molecule has 1 aromatic rings. The van der Waals surface area contributed by atoms with E-state index in [1.54, 1.807) is 0 Å². The summed E-state index contributed by atoms with van der Waals surface area (Å²) < 4.78 is 5.56. The summed E-state index contributed by atoms with van der Waals surface area (Å²) in [5.41, 5.74) is 1.07. The van der Waals surface area contributed by atoms with E-state index in [0.717, 1.165) is 17.7 Å². The maximum absolute atomic E-state index is 12.1. The van der Waals surface area contributed by atoms with Gasteiger partial charge in [0.25, 0.3) is 0 Å². The van der Waals surface area contributed by atoms with Crippen molar-refractivity contribution in [3.8, 4) is 5.75 Å². The Morgan fingerprint density at radius 3 is 2.94 bits per heavy atom. The van der Waals surface area contributed by atoms with E-state index in [0.29, 0.717) is 24.7 Å². The normalized spacial score (nSPS) is 19.1. The van der Waals surface area contributed by atoms with Crippen LogP contribution >= 0.6 is 0 Å². The van der Waals surface area contributed by atoms with Crippen LogP contribution in [-0.2, 0) is 4.79 Å². The third kappa shape index (κ3) is 2.26. The summed E-state index contributed by atoms with van der Waals surface area (Å²) in [4.78, 5) is 12.1. The fourth-order valence-corrected chi connectivity index (χ4v) is 2.22. The largest absolute Gasteiger partial charge is 0.493 e. The van der Waals surface area contributed by atoms with Gasteiger partial charge in [0.2, 0.25) is 0 Å². The average Bonchev–Trinajstić information content (AvgIpc) is 2.27. The average molecular weight is 218 g/mol. The topological polar surface area (TPSA) is 26.3 Å². The molecule has 16 heavy (non-hydrogen) atoms. The summed E-state index contributed by atoms with van der Waals surface area (Å²) in [6, 6.07) is 7.89. The van der Waals surface area contributed by atoms with Crippen LogP contribution in [-0.4, -0.2) is 12.4 Å². The highest BCUT2D eigenvalue weighted by molar-refractivity contribution is 5.86. The molecule has 0 saturated heterocycles. The van der Waals surface area contributed by atoms with Crippen molar-refractivity contribution in [2.45, 2.75) is 32.6 Å². The second-order valence-corrected chi connectivity index (χ2v) is 4.79. The van der Waals surface area contributed by atoms with Crippen molar-refractivity contribution in [1.29, 1.82) is 0 Å². The number of carbonyl (C=O) groups is 1. The van der Waals surface area contributed by atoms with Crippen LogP contribution in [0.2, 0.25) is 0 Å². The summed E-state index contributed by atoms with van der Waals surface area (Å²) >= 11 is 0. The molecule has 0 saturated carbocycles. The van der Waals surface area contributed by atoms with E-state index in [9.17, 15) is 4.79 Å². The first-order valence-corrected chi connectivity index (χ1v) is 5.93. The molecule has 2 heteroatoms. The van der Waals surface area contributed by atoms with E-state index >= 15 is 0 Å². The lowest BCUT2D eigenvalue weighted by Crippen LogP contribution is -2.22. The quantitative estimate of drug-likeness (QED) is 0.779. The predicted octanol–water partition coefficient (Wildman–Crippen LogP) is 3.17. The van der Waals surface area contributed by atoms with Gasteiger partial charge >= 0.3 is 0 Å². The molecule has 1 unspecified atom stereocenters. The number of benzene rings is 1. The predicted molar refractivity (Wildman–Crippen MR) is 63.8 cm³/mol. The van der Waals surface area contributed by atoms with Gasteiger partial charge < -0.3 is 4.74 Å². The van der Waals surface area contributed by atoms with Crippen molar-refractivity contribution in [2.24, 2.45) is 5.92 Å². The summed E-state index contributed by atoms with van der Waals surface area (Å²) in [5, 5.41) is 0. The molecule has 0 bridgehead atoms. The van der Waals surface area contributed by atoms with E-state index in [1.807, 2.05) is 24.3 Å². The third-order valence-electron chi connectivity index (χ3n) is 2.96. The molecule has 1 heterocycles. The molecular weight excluding hydrogens is 200 g/mol. The number of hydrogen-bond acceptors (Lipinski definition) is 2. The molecule has 0 aliphatic carbocycles. The maximum atomic E-state index is 12.1. The highest BCUT2D eigenvalue weighted by Gasteiger charge is 2.27. The van der Waals surface area contributed by atoms with Gasteiger partial charge in [-0.15, -0.1) is 0 Å². The third-order valence-corrected chi connectivity index (χ3v) is 2.96. The van der Waals surface area contributed by atoms with E-state index in [2.05, 4.69) is 13.8 Å². The zero-order valence-corrected chi connectivity index (χ0v) is 9.90. The Balaban J connectivity index is 2.21. The Hall–Kier alpha value is -1.31. The van der Waals surface area contributed by atoms with Crippen molar-refractivity contribution >= 4 is 5.78 Å². The second kappa shape index (κ2) is 4.69. The maximum Gasteiger partial charge on any atom is 0.140 e. The van der Waals surface area contributed by atoms with E-state index in [4.69, 9.17) is 4.74 Å².